The van der Waals surface area contributed by atoms with Crippen molar-refractivity contribution in [2.45, 2.75) is 13.0 Å². The van der Waals surface area contributed by atoms with Crippen molar-refractivity contribution in [3.05, 3.63) is 0 Å². The third kappa shape index (κ3) is 3.20. The SMILES string of the molecule is CC(C=O)CNC1CN(C(=O)N(C)C)C1. The minimum absolute atomic E-state index is 0.0450. The molecule has 86 valence electrons. The lowest BCUT2D eigenvalue weighted by molar-refractivity contribution is -0.110. The summed E-state index contributed by atoms with van der Waals surface area (Å²) in [5.74, 6) is 0.0450. The first-order chi connectivity index (χ1) is 7.04. The van der Waals surface area contributed by atoms with E-state index in [0.717, 1.165) is 19.4 Å². The van der Waals surface area contributed by atoms with Crippen molar-refractivity contribution in [2.75, 3.05) is 33.7 Å². The molecule has 1 rings (SSSR count). The predicted molar refractivity (Wildman–Crippen MR) is 57.7 cm³/mol. The molecule has 0 radical (unpaired) electrons. The number of hydrogen-bond acceptors (Lipinski definition) is 3. The van der Waals surface area contributed by atoms with Crippen LogP contribution in [-0.4, -0.2) is 61.9 Å². The number of rotatable bonds is 4. The van der Waals surface area contributed by atoms with Gasteiger partial charge in [0, 0.05) is 45.7 Å². The van der Waals surface area contributed by atoms with Gasteiger partial charge in [0.2, 0.25) is 0 Å². The number of nitrogens with zero attached hydrogens (tertiary/aromatic N) is 2. The Morgan fingerprint density at radius 1 is 1.60 bits per heavy atom. The minimum atomic E-state index is 0.0450. The highest BCUT2D eigenvalue weighted by atomic mass is 16.2. The van der Waals surface area contributed by atoms with Gasteiger partial charge in [-0.05, 0) is 0 Å². The molecule has 15 heavy (non-hydrogen) atoms. The Hall–Kier alpha value is -1.10. The van der Waals surface area contributed by atoms with Crippen molar-refractivity contribution in [3.8, 4) is 0 Å². The van der Waals surface area contributed by atoms with Gasteiger partial charge in [0.25, 0.3) is 0 Å². The normalized spacial score (nSPS) is 18.2. The molecule has 0 aromatic rings. The summed E-state index contributed by atoms with van der Waals surface area (Å²) in [6.45, 7) is 4.05. The van der Waals surface area contributed by atoms with Gasteiger partial charge >= 0.3 is 6.03 Å². The average Bonchev–Trinajstić information content (AvgIpc) is 2.14. The van der Waals surface area contributed by atoms with Crippen molar-refractivity contribution in [1.82, 2.24) is 15.1 Å². The first-order valence-electron chi connectivity index (χ1n) is 5.19. The van der Waals surface area contributed by atoms with Crippen molar-refractivity contribution < 1.29 is 9.59 Å². The lowest BCUT2D eigenvalue weighted by atomic mass is 10.1. The van der Waals surface area contributed by atoms with Gasteiger partial charge in [0.15, 0.2) is 0 Å². The number of urea groups is 1. The molecule has 1 saturated heterocycles. The second-order valence-corrected chi connectivity index (χ2v) is 4.30. The van der Waals surface area contributed by atoms with Crippen LogP contribution >= 0.6 is 0 Å². The maximum Gasteiger partial charge on any atom is 0.319 e. The molecule has 0 aromatic carbocycles. The summed E-state index contributed by atoms with van der Waals surface area (Å²) in [7, 11) is 3.50. The van der Waals surface area contributed by atoms with Gasteiger partial charge in [-0.25, -0.2) is 4.79 Å². The highest BCUT2D eigenvalue weighted by Crippen LogP contribution is 2.09. The zero-order chi connectivity index (χ0) is 11.4. The molecule has 1 heterocycles. The molecule has 1 unspecified atom stereocenters. The van der Waals surface area contributed by atoms with Crippen molar-refractivity contribution in [1.29, 1.82) is 0 Å². The molecule has 1 N–H and O–H groups in total. The monoisotopic (exact) mass is 213 g/mol. The van der Waals surface area contributed by atoms with Crippen LogP contribution in [0.5, 0.6) is 0 Å². The van der Waals surface area contributed by atoms with E-state index in [1.807, 2.05) is 6.92 Å². The van der Waals surface area contributed by atoms with Crippen LogP contribution in [0.25, 0.3) is 0 Å². The van der Waals surface area contributed by atoms with E-state index in [2.05, 4.69) is 5.32 Å². The van der Waals surface area contributed by atoms with Crippen molar-refractivity contribution in [3.63, 3.8) is 0 Å². The quantitative estimate of drug-likeness (QED) is 0.657. The molecular weight excluding hydrogens is 194 g/mol. The van der Waals surface area contributed by atoms with E-state index in [-0.39, 0.29) is 11.9 Å². The van der Waals surface area contributed by atoms with Gasteiger partial charge < -0.3 is 19.9 Å². The molecule has 2 amide bonds. The summed E-state index contributed by atoms with van der Waals surface area (Å²) >= 11 is 0. The molecule has 1 aliphatic heterocycles. The highest BCUT2D eigenvalue weighted by molar-refractivity contribution is 5.74. The minimum Gasteiger partial charge on any atom is -0.331 e. The van der Waals surface area contributed by atoms with E-state index in [9.17, 15) is 9.59 Å². The molecule has 0 aliphatic carbocycles. The van der Waals surface area contributed by atoms with Crippen molar-refractivity contribution in [2.24, 2.45) is 5.92 Å². The molecule has 0 aromatic heterocycles. The summed E-state index contributed by atoms with van der Waals surface area (Å²) < 4.78 is 0. The fourth-order valence-corrected chi connectivity index (χ4v) is 1.45. The maximum absolute atomic E-state index is 11.4. The number of aldehydes is 1. The van der Waals surface area contributed by atoms with E-state index < -0.39 is 0 Å². The Labute approximate surface area is 90.4 Å². The summed E-state index contributed by atoms with van der Waals surface area (Å²) in [6, 6.07) is 0.396. The molecule has 5 nitrogen and oxygen atoms in total. The molecular formula is C10H19N3O2. The Morgan fingerprint density at radius 3 is 2.67 bits per heavy atom. The third-order valence-corrected chi connectivity index (χ3v) is 2.50. The zero-order valence-corrected chi connectivity index (χ0v) is 9.56. The van der Waals surface area contributed by atoms with E-state index >= 15 is 0 Å². The second kappa shape index (κ2) is 5.11. The van der Waals surface area contributed by atoms with Crippen LogP contribution in [0.3, 0.4) is 0 Å². The summed E-state index contributed by atoms with van der Waals surface area (Å²) in [4.78, 5) is 25.2. The van der Waals surface area contributed by atoms with E-state index in [1.54, 1.807) is 23.9 Å². The van der Waals surface area contributed by atoms with Crippen LogP contribution in [0, 0.1) is 5.92 Å². The standard InChI is InChI=1S/C10H19N3O2/c1-8(7-14)4-11-9-5-13(6-9)10(15)12(2)3/h7-9,11H,4-6H2,1-3H3. The Balaban J connectivity index is 2.15. The summed E-state index contributed by atoms with van der Waals surface area (Å²) in [6.07, 6.45) is 0.939. The van der Waals surface area contributed by atoms with Crippen LogP contribution in [0.1, 0.15) is 6.92 Å². The largest absolute Gasteiger partial charge is 0.331 e. The Morgan fingerprint density at radius 2 is 2.20 bits per heavy atom. The summed E-state index contributed by atoms with van der Waals surface area (Å²) in [5.41, 5.74) is 0. The number of amides is 2. The Kier molecular flexibility index (Phi) is 4.08. The van der Waals surface area contributed by atoms with Crippen LogP contribution in [0.4, 0.5) is 4.79 Å². The fraction of sp³-hybridized carbons (Fsp3) is 0.800. The van der Waals surface area contributed by atoms with Gasteiger partial charge in [0.05, 0.1) is 0 Å². The lowest BCUT2D eigenvalue weighted by Crippen LogP contribution is -2.62. The van der Waals surface area contributed by atoms with Gasteiger partial charge in [-0.2, -0.15) is 0 Å². The second-order valence-electron chi connectivity index (χ2n) is 4.30. The number of hydrogen-bond donors (Lipinski definition) is 1. The Bertz CT molecular complexity index is 237. The van der Waals surface area contributed by atoms with Crippen LogP contribution in [0.2, 0.25) is 0 Å². The van der Waals surface area contributed by atoms with Crippen LogP contribution in [-0.2, 0) is 4.79 Å². The predicted octanol–water partition coefficient (Wildman–Crippen LogP) is -0.223. The topological polar surface area (TPSA) is 52.7 Å². The average molecular weight is 213 g/mol. The lowest BCUT2D eigenvalue weighted by Gasteiger charge is -2.41. The molecule has 1 aliphatic rings. The fourth-order valence-electron chi connectivity index (χ4n) is 1.45. The third-order valence-electron chi connectivity index (χ3n) is 2.50. The van der Waals surface area contributed by atoms with E-state index in [4.69, 9.17) is 0 Å². The van der Waals surface area contributed by atoms with Crippen LogP contribution in [0.15, 0.2) is 0 Å². The molecule has 0 spiro atoms. The molecule has 1 fully saturated rings. The van der Waals surface area contributed by atoms with E-state index in [0.29, 0.717) is 12.6 Å². The molecule has 5 heteroatoms. The van der Waals surface area contributed by atoms with E-state index in [1.165, 1.54) is 0 Å². The first-order valence-corrected chi connectivity index (χ1v) is 5.19. The van der Waals surface area contributed by atoms with Gasteiger partial charge in [-0.3, -0.25) is 0 Å². The van der Waals surface area contributed by atoms with Gasteiger partial charge in [-0.15, -0.1) is 0 Å². The number of carbonyl (C=O) groups is 2. The highest BCUT2D eigenvalue weighted by Gasteiger charge is 2.30. The number of carbonyl (C=O) groups excluding carboxylic acids is 2. The maximum atomic E-state index is 11.4. The van der Waals surface area contributed by atoms with Crippen molar-refractivity contribution >= 4 is 12.3 Å². The van der Waals surface area contributed by atoms with Gasteiger partial charge in [-0.1, -0.05) is 6.92 Å². The molecule has 0 saturated carbocycles. The van der Waals surface area contributed by atoms with Gasteiger partial charge in [0.1, 0.15) is 6.29 Å². The molecule has 1 atom stereocenters. The number of nitrogens with one attached hydrogen (secondary N) is 1. The number of likely N-dealkylation sites (tertiary alicyclic amines) is 1. The molecule has 0 bridgehead atoms. The summed E-state index contributed by atoms with van der Waals surface area (Å²) in [5, 5.41) is 3.25. The smallest absolute Gasteiger partial charge is 0.319 e. The van der Waals surface area contributed by atoms with Crippen LogP contribution < -0.4 is 5.32 Å². The zero-order valence-electron chi connectivity index (χ0n) is 9.56. The first kappa shape index (κ1) is 12.0.